The molecule has 0 aliphatic carbocycles. The van der Waals surface area contributed by atoms with Gasteiger partial charge >= 0.3 is 12.1 Å². The standard InChI is InChI=1S/C23H21F3N2O4/c1-2-28(22(30)23(24,25)26)14-16-7-6-8-17(13-16)27-21(29)20-12-11-19(32-20)15-31-18-9-4-3-5-10-18/h3-13H,2,14-15H2,1H3,(H,27,29). The lowest BCUT2D eigenvalue weighted by molar-refractivity contribution is -0.185. The van der Waals surface area contributed by atoms with E-state index in [1.807, 2.05) is 18.2 Å². The van der Waals surface area contributed by atoms with Gasteiger partial charge < -0.3 is 19.4 Å². The molecule has 3 rings (SSSR count). The predicted octanol–water partition coefficient (Wildman–Crippen LogP) is 5.02. The molecule has 0 saturated carbocycles. The highest BCUT2D eigenvalue weighted by Crippen LogP contribution is 2.21. The zero-order valence-electron chi connectivity index (χ0n) is 17.2. The first-order valence-corrected chi connectivity index (χ1v) is 9.79. The van der Waals surface area contributed by atoms with Gasteiger partial charge in [-0.1, -0.05) is 30.3 Å². The van der Waals surface area contributed by atoms with Crippen molar-refractivity contribution in [1.29, 1.82) is 0 Å². The van der Waals surface area contributed by atoms with Gasteiger partial charge in [0, 0.05) is 18.8 Å². The molecular weight excluding hydrogens is 425 g/mol. The fraction of sp³-hybridized carbons (Fsp3) is 0.217. The van der Waals surface area contributed by atoms with Gasteiger partial charge in [0.15, 0.2) is 5.76 Å². The zero-order valence-corrected chi connectivity index (χ0v) is 17.2. The van der Waals surface area contributed by atoms with Crippen molar-refractivity contribution in [2.45, 2.75) is 26.3 Å². The van der Waals surface area contributed by atoms with E-state index in [1.165, 1.54) is 19.1 Å². The highest BCUT2D eigenvalue weighted by Gasteiger charge is 2.41. The summed E-state index contributed by atoms with van der Waals surface area (Å²) >= 11 is 0. The Morgan fingerprint density at radius 1 is 1.03 bits per heavy atom. The number of carbonyl (C=O) groups excluding carboxylic acids is 2. The molecule has 2 amide bonds. The van der Waals surface area contributed by atoms with Crippen molar-refractivity contribution >= 4 is 17.5 Å². The van der Waals surface area contributed by atoms with E-state index in [9.17, 15) is 22.8 Å². The summed E-state index contributed by atoms with van der Waals surface area (Å²) in [5, 5.41) is 2.64. The van der Waals surface area contributed by atoms with Crippen molar-refractivity contribution in [3.05, 3.63) is 83.8 Å². The van der Waals surface area contributed by atoms with Crippen LogP contribution in [0.15, 0.2) is 71.1 Å². The van der Waals surface area contributed by atoms with Crippen molar-refractivity contribution < 1.29 is 31.9 Å². The fourth-order valence-electron chi connectivity index (χ4n) is 2.92. The molecule has 0 atom stereocenters. The maximum atomic E-state index is 12.7. The topological polar surface area (TPSA) is 71.8 Å². The number of rotatable bonds is 8. The first-order chi connectivity index (χ1) is 15.3. The van der Waals surface area contributed by atoms with Gasteiger partial charge in [0.1, 0.15) is 18.1 Å². The summed E-state index contributed by atoms with van der Waals surface area (Å²) in [6.45, 7) is 1.27. The third-order valence-electron chi connectivity index (χ3n) is 4.48. The second-order valence-electron chi connectivity index (χ2n) is 6.84. The first-order valence-electron chi connectivity index (χ1n) is 9.79. The van der Waals surface area contributed by atoms with Crippen LogP contribution in [-0.2, 0) is 17.9 Å². The van der Waals surface area contributed by atoms with Crippen LogP contribution in [0.3, 0.4) is 0 Å². The van der Waals surface area contributed by atoms with Gasteiger partial charge in [-0.15, -0.1) is 0 Å². The summed E-state index contributed by atoms with van der Waals surface area (Å²) in [7, 11) is 0. The Morgan fingerprint density at radius 3 is 2.47 bits per heavy atom. The summed E-state index contributed by atoms with van der Waals surface area (Å²) in [5.74, 6) is -1.25. The Balaban J connectivity index is 1.61. The van der Waals surface area contributed by atoms with Crippen LogP contribution >= 0.6 is 0 Å². The van der Waals surface area contributed by atoms with Gasteiger partial charge in [-0.3, -0.25) is 9.59 Å². The molecule has 0 spiro atoms. The van der Waals surface area contributed by atoms with Crippen LogP contribution in [0, 0.1) is 0 Å². The highest BCUT2D eigenvalue weighted by atomic mass is 19.4. The van der Waals surface area contributed by atoms with E-state index in [1.54, 1.807) is 36.4 Å². The fourth-order valence-corrected chi connectivity index (χ4v) is 2.92. The van der Waals surface area contributed by atoms with Gasteiger partial charge in [0.2, 0.25) is 0 Å². The van der Waals surface area contributed by atoms with Crippen molar-refractivity contribution in [1.82, 2.24) is 4.90 Å². The average molecular weight is 446 g/mol. The molecule has 1 aromatic heterocycles. The van der Waals surface area contributed by atoms with Gasteiger partial charge in [-0.25, -0.2) is 0 Å². The molecule has 0 unspecified atom stereocenters. The number of anilines is 1. The molecule has 168 valence electrons. The van der Waals surface area contributed by atoms with Crippen molar-refractivity contribution in [2.75, 3.05) is 11.9 Å². The van der Waals surface area contributed by atoms with E-state index in [0.29, 0.717) is 27.7 Å². The van der Waals surface area contributed by atoms with E-state index in [0.717, 1.165) is 0 Å². The molecule has 1 heterocycles. The number of furan rings is 1. The van der Waals surface area contributed by atoms with Gasteiger partial charge in [-0.2, -0.15) is 13.2 Å². The molecular formula is C23H21F3N2O4. The summed E-state index contributed by atoms with van der Waals surface area (Å²) in [6, 6.07) is 18.5. The first kappa shape index (κ1) is 22.9. The maximum Gasteiger partial charge on any atom is 0.471 e. The van der Waals surface area contributed by atoms with Crippen molar-refractivity contribution in [2.24, 2.45) is 0 Å². The van der Waals surface area contributed by atoms with Gasteiger partial charge in [-0.05, 0) is 48.9 Å². The minimum absolute atomic E-state index is 0.0597. The molecule has 0 fully saturated rings. The molecule has 2 aromatic carbocycles. The number of hydrogen-bond acceptors (Lipinski definition) is 4. The van der Waals surface area contributed by atoms with Crippen LogP contribution in [0.5, 0.6) is 5.75 Å². The number of benzene rings is 2. The van der Waals surface area contributed by atoms with E-state index in [2.05, 4.69) is 5.32 Å². The van der Waals surface area contributed by atoms with Crippen LogP contribution in [0.4, 0.5) is 18.9 Å². The Labute approximate surface area is 182 Å². The number of para-hydroxylation sites is 1. The predicted molar refractivity (Wildman–Crippen MR) is 111 cm³/mol. The summed E-state index contributed by atoms with van der Waals surface area (Å²) < 4.78 is 49.2. The molecule has 0 bridgehead atoms. The van der Waals surface area contributed by atoms with Gasteiger partial charge in [0.05, 0.1) is 0 Å². The number of amides is 2. The van der Waals surface area contributed by atoms with Crippen LogP contribution < -0.4 is 10.1 Å². The molecule has 32 heavy (non-hydrogen) atoms. The Kier molecular flexibility index (Phi) is 7.19. The maximum absolute atomic E-state index is 12.7. The lowest BCUT2D eigenvalue weighted by Gasteiger charge is -2.22. The van der Waals surface area contributed by atoms with Crippen molar-refractivity contribution in [3.63, 3.8) is 0 Å². The molecule has 0 aliphatic heterocycles. The average Bonchev–Trinajstić information content (AvgIpc) is 3.25. The van der Waals surface area contributed by atoms with Crippen LogP contribution in [0.2, 0.25) is 0 Å². The van der Waals surface area contributed by atoms with E-state index >= 15 is 0 Å². The SMILES string of the molecule is CCN(Cc1cccc(NC(=O)c2ccc(COc3ccccc3)o2)c1)C(=O)C(F)(F)F. The number of halogens is 3. The molecule has 3 aromatic rings. The number of alkyl halides is 3. The number of carbonyl (C=O) groups is 2. The largest absolute Gasteiger partial charge is 0.486 e. The second-order valence-corrected chi connectivity index (χ2v) is 6.84. The smallest absolute Gasteiger partial charge is 0.471 e. The molecule has 0 saturated heterocycles. The zero-order chi connectivity index (χ0) is 23.1. The molecule has 0 radical (unpaired) electrons. The van der Waals surface area contributed by atoms with Crippen LogP contribution in [0.1, 0.15) is 28.8 Å². The third-order valence-corrected chi connectivity index (χ3v) is 4.48. The Hall–Kier alpha value is -3.75. The number of ether oxygens (including phenoxy) is 1. The Morgan fingerprint density at radius 2 is 1.78 bits per heavy atom. The Bertz CT molecular complexity index is 1060. The summed E-state index contributed by atoms with van der Waals surface area (Å²) in [6.07, 6.45) is -4.94. The highest BCUT2D eigenvalue weighted by molar-refractivity contribution is 6.02. The minimum atomic E-state index is -4.94. The molecule has 1 N–H and O–H groups in total. The number of nitrogens with zero attached hydrogens (tertiary/aromatic N) is 1. The lowest BCUT2D eigenvalue weighted by atomic mass is 10.2. The lowest BCUT2D eigenvalue weighted by Crippen LogP contribution is -2.40. The summed E-state index contributed by atoms with van der Waals surface area (Å²) in [5.41, 5.74) is 0.806. The molecule has 6 nitrogen and oxygen atoms in total. The van der Waals surface area contributed by atoms with E-state index in [-0.39, 0.29) is 25.5 Å². The molecule has 9 heteroatoms. The second kappa shape index (κ2) is 10.0. The van der Waals surface area contributed by atoms with Crippen LogP contribution in [-0.4, -0.2) is 29.4 Å². The molecule has 0 aliphatic rings. The van der Waals surface area contributed by atoms with E-state index < -0.39 is 18.0 Å². The minimum Gasteiger partial charge on any atom is -0.486 e. The number of hydrogen-bond donors (Lipinski definition) is 1. The van der Waals surface area contributed by atoms with Crippen molar-refractivity contribution in [3.8, 4) is 5.75 Å². The van der Waals surface area contributed by atoms with Gasteiger partial charge in [0.25, 0.3) is 5.91 Å². The summed E-state index contributed by atoms with van der Waals surface area (Å²) in [4.78, 5) is 24.7. The third kappa shape index (κ3) is 6.13. The number of nitrogens with one attached hydrogen (secondary N) is 1. The quantitative estimate of drug-likeness (QED) is 0.527. The monoisotopic (exact) mass is 446 g/mol. The van der Waals surface area contributed by atoms with Crippen LogP contribution in [0.25, 0.3) is 0 Å². The normalized spacial score (nSPS) is 11.1. The van der Waals surface area contributed by atoms with E-state index in [4.69, 9.17) is 9.15 Å².